The molecular formula is C44H29N3O2. The molecule has 0 aliphatic carbocycles. The van der Waals surface area contributed by atoms with Crippen molar-refractivity contribution in [1.82, 2.24) is 14.5 Å². The van der Waals surface area contributed by atoms with Crippen molar-refractivity contribution in [3.63, 3.8) is 0 Å². The predicted octanol–water partition coefficient (Wildman–Crippen LogP) is 11.1. The Balaban J connectivity index is 1.29. The minimum atomic E-state index is 0.643. The number of rotatable bonds is 4. The summed E-state index contributed by atoms with van der Waals surface area (Å²) in [5.74, 6) is 1.97. The number of hydrogen-bond acceptors (Lipinski definition) is 4. The number of allylic oxidation sites excluding steroid dienone is 4. The molecule has 3 heterocycles. The van der Waals surface area contributed by atoms with Crippen LogP contribution in [0.1, 0.15) is 0 Å². The average Bonchev–Trinajstić information content (AvgIpc) is 3.52. The van der Waals surface area contributed by atoms with Gasteiger partial charge < -0.3 is 14.0 Å². The maximum Gasteiger partial charge on any atom is 0.179 e. The Kier molecular flexibility index (Phi) is 7.06. The quantitative estimate of drug-likeness (QED) is 0.194. The molecule has 5 nitrogen and oxygen atoms in total. The number of ether oxygens (including phenoxy) is 2. The molecule has 0 N–H and O–H groups in total. The van der Waals surface area contributed by atoms with E-state index in [9.17, 15) is 0 Å². The van der Waals surface area contributed by atoms with Gasteiger partial charge in [-0.25, -0.2) is 9.97 Å². The molecule has 2 aromatic heterocycles. The lowest BCUT2D eigenvalue weighted by Gasteiger charge is -2.13. The minimum Gasteiger partial charge on any atom is -0.461 e. The smallest absolute Gasteiger partial charge is 0.179 e. The van der Waals surface area contributed by atoms with Crippen molar-refractivity contribution in [3.05, 3.63) is 176 Å². The summed E-state index contributed by atoms with van der Waals surface area (Å²) < 4.78 is 14.8. The average molecular weight is 632 g/mol. The second-order valence-electron chi connectivity index (χ2n) is 11.8. The topological polar surface area (TPSA) is 49.2 Å². The van der Waals surface area contributed by atoms with Crippen molar-refractivity contribution in [2.75, 3.05) is 0 Å². The molecule has 0 bridgehead atoms. The van der Waals surface area contributed by atoms with Crippen molar-refractivity contribution in [3.8, 4) is 51.1 Å². The van der Waals surface area contributed by atoms with Crippen LogP contribution in [0.3, 0.4) is 0 Å². The third-order valence-electron chi connectivity index (χ3n) is 8.84. The summed E-state index contributed by atoms with van der Waals surface area (Å²) in [6.45, 7) is 0. The van der Waals surface area contributed by atoms with Gasteiger partial charge in [0, 0.05) is 27.8 Å². The molecule has 1 aliphatic heterocycles. The first-order valence-electron chi connectivity index (χ1n) is 16.2. The van der Waals surface area contributed by atoms with Gasteiger partial charge in [0.2, 0.25) is 0 Å². The molecule has 232 valence electrons. The van der Waals surface area contributed by atoms with E-state index in [1.807, 2.05) is 66.8 Å². The summed E-state index contributed by atoms with van der Waals surface area (Å²) in [6, 6.07) is 48.0. The van der Waals surface area contributed by atoms with E-state index in [-0.39, 0.29) is 0 Å². The lowest BCUT2D eigenvalue weighted by Crippen LogP contribution is -1.98. The number of aromatic nitrogens is 3. The summed E-state index contributed by atoms with van der Waals surface area (Å²) in [4.78, 5) is 10.2. The molecule has 0 spiro atoms. The molecule has 0 fully saturated rings. The second-order valence-corrected chi connectivity index (χ2v) is 11.8. The van der Waals surface area contributed by atoms with Crippen LogP contribution in [-0.4, -0.2) is 14.5 Å². The maximum absolute atomic E-state index is 6.36. The van der Waals surface area contributed by atoms with E-state index >= 15 is 0 Å². The molecule has 0 saturated carbocycles. The Morgan fingerprint density at radius 1 is 0.469 bits per heavy atom. The molecule has 0 unspecified atom stereocenters. The van der Waals surface area contributed by atoms with E-state index in [2.05, 4.69) is 102 Å². The lowest BCUT2D eigenvalue weighted by atomic mass is 10.0. The van der Waals surface area contributed by atoms with Gasteiger partial charge in [-0.1, -0.05) is 115 Å². The highest BCUT2D eigenvalue weighted by Gasteiger charge is 2.22. The Bertz CT molecular complexity index is 2540. The van der Waals surface area contributed by atoms with Crippen LogP contribution in [0.5, 0.6) is 11.5 Å². The first-order chi connectivity index (χ1) is 24.3. The fourth-order valence-corrected chi connectivity index (χ4v) is 6.62. The van der Waals surface area contributed by atoms with Crippen molar-refractivity contribution in [2.24, 2.45) is 0 Å². The van der Waals surface area contributed by atoms with Gasteiger partial charge in [0.25, 0.3) is 0 Å². The van der Waals surface area contributed by atoms with E-state index in [1.54, 1.807) is 12.5 Å². The fraction of sp³-hybridized carbons (Fsp3) is 0. The molecule has 8 aromatic rings. The van der Waals surface area contributed by atoms with Crippen LogP contribution in [0.15, 0.2) is 176 Å². The van der Waals surface area contributed by atoms with Crippen molar-refractivity contribution in [2.45, 2.75) is 0 Å². The number of nitrogens with zero attached hydrogens (tertiary/aromatic N) is 3. The van der Waals surface area contributed by atoms with E-state index in [1.165, 1.54) is 0 Å². The molecule has 0 saturated heterocycles. The SMILES string of the molecule is C1=C\C=C\Oc2c(ccc3c2c2c4ccccc4ccc2n3-c2cccc(-c3nc(-c4ccccc4)cc(-c4ccccc4)n3)c2)O/C=C/1. The van der Waals surface area contributed by atoms with Gasteiger partial charge in [0.1, 0.15) is 0 Å². The first-order valence-corrected chi connectivity index (χ1v) is 16.2. The van der Waals surface area contributed by atoms with Gasteiger partial charge in [-0.05, 0) is 59.3 Å². The predicted molar refractivity (Wildman–Crippen MR) is 199 cm³/mol. The van der Waals surface area contributed by atoms with Crippen LogP contribution in [0.2, 0.25) is 0 Å². The Morgan fingerprint density at radius 2 is 1.10 bits per heavy atom. The van der Waals surface area contributed by atoms with Crippen LogP contribution in [0.4, 0.5) is 0 Å². The number of fused-ring (bicyclic) bond motifs is 7. The highest BCUT2D eigenvalue weighted by atomic mass is 16.5. The molecule has 1 aliphatic rings. The molecule has 0 amide bonds. The van der Waals surface area contributed by atoms with Crippen molar-refractivity contribution >= 4 is 32.6 Å². The zero-order valence-corrected chi connectivity index (χ0v) is 26.4. The molecule has 9 rings (SSSR count). The van der Waals surface area contributed by atoms with Crippen LogP contribution in [-0.2, 0) is 0 Å². The number of hydrogen-bond donors (Lipinski definition) is 0. The van der Waals surface area contributed by atoms with Gasteiger partial charge in [0.15, 0.2) is 17.3 Å². The number of benzene rings is 6. The summed E-state index contributed by atoms with van der Waals surface area (Å²) in [5, 5.41) is 4.36. The highest BCUT2D eigenvalue weighted by molar-refractivity contribution is 6.23. The maximum atomic E-state index is 6.36. The Morgan fingerprint density at radius 3 is 1.86 bits per heavy atom. The molecule has 49 heavy (non-hydrogen) atoms. The zero-order chi connectivity index (χ0) is 32.6. The minimum absolute atomic E-state index is 0.643. The van der Waals surface area contributed by atoms with Crippen LogP contribution >= 0.6 is 0 Å². The van der Waals surface area contributed by atoms with E-state index in [4.69, 9.17) is 19.4 Å². The standard InChI is InChI=1S/C44H29N3O2/c1-2-12-27-49-43-40(48-26-11-1)25-24-39-42(43)41-35-21-10-9-14-30(35)22-23-38(41)47(39)34-20-13-19-33(28-34)44-45-36(31-15-5-3-6-16-31)29-37(46-44)32-17-7-4-8-18-32/h1-29H/b2-1-,26-11+,27-12+. The molecular weight excluding hydrogens is 603 g/mol. The van der Waals surface area contributed by atoms with Gasteiger partial charge in [0.05, 0.1) is 40.3 Å². The van der Waals surface area contributed by atoms with E-state index < -0.39 is 0 Å². The Hall–Kier alpha value is -6.72. The van der Waals surface area contributed by atoms with Gasteiger partial charge in [-0.15, -0.1) is 0 Å². The van der Waals surface area contributed by atoms with Gasteiger partial charge >= 0.3 is 0 Å². The normalized spacial score (nSPS) is 14.5. The second kappa shape index (κ2) is 12.1. The molecule has 0 atom stereocenters. The molecule has 0 radical (unpaired) electrons. The summed E-state index contributed by atoms with van der Waals surface area (Å²) >= 11 is 0. The van der Waals surface area contributed by atoms with Crippen molar-refractivity contribution in [1.29, 1.82) is 0 Å². The molecule has 5 heteroatoms. The van der Waals surface area contributed by atoms with Gasteiger partial charge in [-0.2, -0.15) is 0 Å². The third kappa shape index (κ3) is 5.14. The largest absolute Gasteiger partial charge is 0.461 e. The van der Waals surface area contributed by atoms with Crippen molar-refractivity contribution < 1.29 is 9.47 Å². The van der Waals surface area contributed by atoms with Crippen LogP contribution < -0.4 is 9.47 Å². The fourth-order valence-electron chi connectivity index (χ4n) is 6.62. The van der Waals surface area contributed by atoms with E-state index in [0.717, 1.165) is 66.3 Å². The highest BCUT2D eigenvalue weighted by Crippen LogP contribution is 2.46. The monoisotopic (exact) mass is 631 g/mol. The summed E-state index contributed by atoms with van der Waals surface area (Å²) in [5.41, 5.74) is 7.79. The first kappa shape index (κ1) is 28.5. The Labute approximate surface area is 283 Å². The van der Waals surface area contributed by atoms with Crippen LogP contribution in [0.25, 0.3) is 72.2 Å². The lowest BCUT2D eigenvalue weighted by molar-refractivity contribution is 0.421. The summed E-state index contributed by atoms with van der Waals surface area (Å²) in [6.07, 6.45) is 10.9. The molecule has 6 aromatic carbocycles. The summed E-state index contributed by atoms with van der Waals surface area (Å²) in [7, 11) is 0. The zero-order valence-electron chi connectivity index (χ0n) is 26.4. The van der Waals surface area contributed by atoms with E-state index in [0.29, 0.717) is 17.3 Å². The third-order valence-corrected chi connectivity index (χ3v) is 8.84. The van der Waals surface area contributed by atoms with Gasteiger partial charge in [-0.3, -0.25) is 0 Å². The van der Waals surface area contributed by atoms with Crippen LogP contribution in [0, 0.1) is 0 Å².